The van der Waals surface area contributed by atoms with E-state index in [9.17, 15) is 0 Å². The zero-order valence-electron chi connectivity index (χ0n) is 13.9. The third kappa shape index (κ3) is 2.55. The van der Waals surface area contributed by atoms with E-state index in [4.69, 9.17) is 10.7 Å². The summed E-state index contributed by atoms with van der Waals surface area (Å²) in [6, 6.07) is 4.43. The highest BCUT2D eigenvalue weighted by Crippen LogP contribution is 2.30. The summed E-state index contributed by atoms with van der Waals surface area (Å²) < 4.78 is 0. The van der Waals surface area contributed by atoms with Gasteiger partial charge in [0.2, 0.25) is 0 Å². The van der Waals surface area contributed by atoms with Crippen LogP contribution in [-0.2, 0) is 13.0 Å². The molecule has 6 nitrogen and oxygen atoms in total. The van der Waals surface area contributed by atoms with E-state index in [1.807, 2.05) is 0 Å². The van der Waals surface area contributed by atoms with Gasteiger partial charge >= 0.3 is 0 Å². The van der Waals surface area contributed by atoms with Gasteiger partial charge in [-0.25, -0.2) is 9.97 Å². The molecule has 0 unspecified atom stereocenters. The Morgan fingerprint density at radius 3 is 2.88 bits per heavy atom. The second-order valence-corrected chi connectivity index (χ2v) is 6.39. The Morgan fingerprint density at radius 1 is 1.21 bits per heavy atom. The minimum absolute atomic E-state index is 0.412. The van der Waals surface area contributed by atoms with Crippen LogP contribution in [0.25, 0.3) is 22.5 Å². The summed E-state index contributed by atoms with van der Waals surface area (Å²) in [5, 5.41) is 6.76. The van der Waals surface area contributed by atoms with Gasteiger partial charge < -0.3 is 10.6 Å². The van der Waals surface area contributed by atoms with Crippen LogP contribution in [0, 0.1) is 6.92 Å². The smallest absolute Gasteiger partial charge is 0.150 e. The zero-order valence-corrected chi connectivity index (χ0v) is 13.9. The van der Waals surface area contributed by atoms with E-state index < -0.39 is 0 Å². The van der Waals surface area contributed by atoms with Crippen LogP contribution in [0.5, 0.6) is 0 Å². The molecule has 0 bridgehead atoms. The van der Waals surface area contributed by atoms with Crippen LogP contribution in [0.1, 0.15) is 16.7 Å². The number of nitrogens with zero attached hydrogens (tertiary/aromatic N) is 4. The van der Waals surface area contributed by atoms with Crippen LogP contribution < -0.4 is 5.73 Å². The lowest BCUT2D eigenvalue weighted by Crippen LogP contribution is -2.27. The van der Waals surface area contributed by atoms with E-state index in [0.717, 1.165) is 36.3 Å². The fraction of sp³-hybridized carbons (Fsp3) is 0.278. The summed E-state index contributed by atoms with van der Waals surface area (Å²) in [4.78, 5) is 11.4. The van der Waals surface area contributed by atoms with Crippen LogP contribution in [0.3, 0.4) is 0 Å². The molecule has 0 saturated carbocycles. The number of aromatic nitrogens is 4. The predicted molar refractivity (Wildman–Crippen MR) is 94.2 cm³/mol. The number of aryl methyl sites for hydroxylation is 1. The van der Waals surface area contributed by atoms with E-state index in [0.29, 0.717) is 11.5 Å². The largest absolute Gasteiger partial charge is 0.382 e. The summed E-state index contributed by atoms with van der Waals surface area (Å²) in [7, 11) is 2.16. The van der Waals surface area contributed by atoms with Gasteiger partial charge in [-0.3, -0.25) is 5.10 Å². The molecule has 0 radical (unpaired) electrons. The van der Waals surface area contributed by atoms with Gasteiger partial charge in [0.05, 0.1) is 18.1 Å². The molecule has 1 aromatic carbocycles. The van der Waals surface area contributed by atoms with Crippen LogP contribution in [-0.4, -0.2) is 38.7 Å². The molecule has 24 heavy (non-hydrogen) atoms. The lowest BCUT2D eigenvalue weighted by molar-refractivity contribution is 0.312. The maximum Gasteiger partial charge on any atom is 0.150 e. The minimum Gasteiger partial charge on any atom is -0.382 e. The molecule has 3 heterocycles. The van der Waals surface area contributed by atoms with Crippen molar-refractivity contribution in [3.05, 3.63) is 47.4 Å². The highest BCUT2D eigenvalue weighted by atomic mass is 15.1. The van der Waals surface area contributed by atoms with Gasteiger partial charge in [0.25, 0.3) is 0 Å². The fourth-order valence-electron chi connectivity index (χ4n) is 3.34. The van der Waals surface area contributed by atoms with E-state index in [-0.39, 0.29) is 0 Å². The molecule has 2 aromatic heterocycles. The standard InChI is InChI=1S/C18H20N6/c1-11-5-12(6-13-10-24(2)4-3-15(11)13)16-9-20-18(19)17(23-16)14-7-21-22-8-14/h5-9H,3-4,10H2,1-2H3,(H2,19,20)(H,21,22). The maximum atomic E-state index is 6.00. The molecule has 6 heteroatoms. The van der Waals surface area contributed by atoms with Gasteiger partial charge in [0.1, 0.15) is 11.5 Å². The topological polar surface area (TPSA) is 83.7 Å². The van der Waals surface area contributed by atoms with Crippen molar-refractivity contribution in [3.63, 3.8) is 0 Å². The zero-order chi connectivity index (χ0) is 16.7. The van der Waals surface area contributed by atoms with Crippen molar-refractivity contribution in [2.75, 3.05) is 19.3 Å². The predicted octanol–water partition coefficient (Wildman–Crippen LogP) is 2.41. The number of nitrogen functional groups attached to an aromatic ring is 1. The average molecular weight is 320 g/mol. The number of anilines is 1. The SMILES string of the molecule is Cc1cc(-c2cnc(N)c(-c3cn[nH]c3)n2)cc2c1CCN(C)C2. The second kappa shape index (κ2) is 5.72. The van der Waals surface area contributed by atoms with Crippen LogP contribution in [0.4, 0.5) is 5.82 Å². The van der Waals surface area contributed by atoms with Crippen LogP contribution >= 0.6 is 0 Å². The van der Waals surface area contributed by atoms with Crippen molar-refractivity contribution in [3.8, 4) is 22.5 Å². The van der Waals surface area contributed by atoms with Crippen molar-refractivity contribution in [1.29, 1.82) is 0 Å². The summed E-state index contributed by atoms with van der Waals surface area (Å²) >= 11 is 0. The number of hydrogen-bond acceptors (Lipinski definition) is 5. The van der Waals surface area contributed by atoms with Gasteiger partial charge in [-0.1, -0.05) is 0 Å². The molecule has 0 spiro atoms. The summed E-state index contributed by atoms with van der Waals surface area (Å²) in [5.74, 6) is 0.412. The van der Waals surface area contributed by atoms with E-state index >= 15 is 0 Å². The lowest BCUT2D eigenvalue weighted by atomic mass is 9.92. The molecule has 1 aliphatic heterocycles. The molecule has 0 amide bonds. The first-order valence-electron chi connectivity index (χ1n) is 8.05. The van der Waals surface area contributed by atoms with E-state index in [1.54, 1.807) is 18.6 Å². The summed E-state index contributed by atoms with van der Waals surface area (Å²) in [6.07, 6.45) is 6.33. The Hall–Kier alpha value is -2.73. The molecule has 3 aromatic rings. The average Bonchev–Trinajstić information content (AvgIpc) is 3.09. The lowest BCUT2D eigenvalue weighted by Gasteiger charge is -2.27. The van der Waals surface area contributed by atoms with Gasteiger partial charge in [0, 0.05) is 30.4 Å². The molecule has 1 aliphatic rings. The highest BCUT2D eigenvalue weighted by molar-refractivity contribution is 5.72. The van der Waals surface area contributed by atoms with Gasteiger partial charge in [0.15, 0.2) is 0 Å². The van der Waals surface area contributed by atoms with E-state index in [2.05, 4.69) is 46.2 Å². The summed E-state index contributed by atoms with van der Waals surface area (Å²) in [6.45, 7) is 4.26. The van der Waals surface area contributed by atoms with Gasteiger partial charge in [-0.15, -0.1) is 0 Å². The van der Waals surface area contributed by atoms with Crippen LogP contribution in [0.15, 0.2) is 30.7 Å². The minimum atomic E-state index is 0.412. The fourth-order valence-corrected chi connectivity index (χ4v) is 3.34. The molecular weight excluding hydrogens is 300 g/mol. The quantitative estimate of drug-likeness (QED) is 0.757. The molecule has 0 fully saturated rings. The first-order valence-corrected chi connectivity index (χ1v) is 8.05. The number of benzene rings is 1. The normalized spacial score (nSPS) is 14.6. The van der Waals surface area contributed by atoms with E-state index in [1.165, 1.54) is 16.7 Å². The molecule has 122 valence electrons. The Morgan fingerprint density at radius 2 is 2.08 bits per heavy atom. The van der Waals surface area contributed by atoms with Gasteiger partial charge in [-0.05, 0) is 49.2 Å². The third-order valence-corrected chi connectivity index (χ3v) is 4.62. The first-order chi connectivity index (χ1) is 11.6. The number of fused-ring (bicyclic) bond motifs is 1. The first kappa shape index (κ1) is 14.8. The van der Waals surface area contributed by atoms with Crippen molar-refractivity contribution in [2.24, 2.45) is 0 Å². The van der Waals surface area contributed by atoms with Crippen LogP contribution in [0.2, 0.25) is 0 Å². The van der Waals surface area contributed by atoms with Crippen molar-refractivity contribution >= 4 is 5.82 Å². The number of H-pyrrole nitrogens is 1. The second-order valence-electron chi connectivity index (χ2n) is 6.39. The van der Waals surface area contributed by atoms with Crippen molar-refractivity contribution < 1.29 is 0 Å². The van der Waals surface area contributed by atoms with Gasteiger partial charge in [-0.2, -0.15) is 5.10 Å². The third-order valence-electron chi connectivity index (χ3n) is 4.62. The Balaban J connectivity index is 1.81. The molecule has 0 atom stereocenters. The monoisotopic (exact) mass is 320 g/mol. The molecular formula is C18H20N6. The molecule has 4 rings (SSSR count). The Kier molecular flexibility index (Phi) is 3.54. The number of nitrogens with one attached hydrogen (secondary N) is 1. The maximum absolute atomic E-state index is 6.00. The number of aromatic amines is 1. The Labute approximate surface area is 140 Å². The number of nitrogens with two attached hydrogens (primary N) is 1. The molecule has 3 N–H and O–H groups in total. The van der Waals surface area contributed by atoms with Crippen molar-refractivity contribution in [2.45, 2.75) is 19.9 Å². The number of hydrogen-bond donors (Lipinski definition) is 2. The molecule has 0 saturated heterocycles. The molecule has 0 aliphatic carbocycles. The van der Waals surface area contributed by atoms with Crippen molar-refractivity contribution in [1.82, 2.24) is 25.1 Å². The summed E-state index contributed by atoms with van der Waals surface area (Å²) in [5.41, 5.74) is 13.6. The number of likely N-dealkylation sites (N-methyl/N-ethyl adjacent to an activating group) is 1. The highest BCUT2D eigenvalue weighted by Gasteiger charge is 2.17. The number of rotatable bonds is 2. The Bertz CT molecular complexity index is 885.